The summed E-state index contributed by atoms with van der Waals surface area (Å²) in [6, 6.07) is 0. The number of carbonyl (C=O) groups excluding carboxylic acids is 1. The van der Waals surface area contributed by atoms with Gasteiger partial charge in [-0.05, 0) is 45.2 Å². The summed E-state index contributed by atoms with van der Waals surface area (Å²) >= 11 is 6.01. The molecule has 0 aliphatic carbocycles. The number of sulfone groups is 1. The molecule has 0 saturated heterocycles. The van der Waals surface area contributed by atoms with Crippen LogP contribution in [0.15, 0.2) is 10.1 Å². The van der Waals surface area contributed by atoms with E-state index in [0.29, 0.717) is 36.5 Å². The van der Waals surface area contributed by atoms with Crippen LogP contribution in [0.3, 0.4) is 0 Å². The molecule has 2 aromatic heterocycles. The second-order valence-electron chi connectivity index (χ2n) is 10.2. The van der Waals surface area contributed by atoms with Gasteiger partial charge in [0.15, 0.2) is 20.5 Å². The smallest absolute Gasteiger partial charge is 0.299 e. The minimum atomic E-state index is -3.62. The van der Waals surface area contributed by atoms with Crippen LogP contribution in [-0.2, 0) is 25.9 Å². The molecule has 0 unspecified atom stereocenters. The molecule has 0 saturated carbocycles. The summed E-state index contributed by atoms with van der Waals surface area (Å²) in [5.41, 5.74) is 3.45. The maximum atomic E-state index is 12.9. The Hall–Kier alpha value is -2.27. The molecule has 0 radical (unpaired) electrons. The number of fused-ring (bicyclic) bond motifs is 1. The molecule has 10 nitrogen and oxygen atoms in total. The predicted molar refractivity (Wildman–Crippen MR) is 156 cm³/mol. The molecule has 0 aliphatic heterocycles. The summed E-state index contributed by atoms with van der Waals surface area (Å²) in [7, 11) is -1.93. The fraction of sp³-hybridized carbons (Fsp3) is 0.741. The monoisotopic (exact) mass is 584 g/mol. The first-order chi connectivity index (χ1) is 18.7. The number of nitrogens with one attached hydrogen (secondary N) is 1. The molecule has 0 bridgehead atoms. The zero-order chi connectivity index (χ0) is 28.7. The van der Waals surface area contributed by atoms with Crippen LogP contribution in [0.25, 0.3) is 11.2 Å². The molecule has 2 aromatic rings. The Bertz CT molecular complexity index is 1170. The van der Waals surface area contributed by atoms with Gasteiger partial charge in [-0.3, -0.25) is 4.79 Å². The van der Waals surface area contributed by atoms with Gasteiger partial charge in [0.05, 0.1) is 5.25 Å². The van der Waals surface area contributed by atoms with Crippen molar-refractivity contribution in [1.29, 1.82) is 0 Å². The van der Waals surface area contributed by atoms with Crippen LogP contribution in [0, 0.1) is 6.92 Å². The van der Waals surface area contributed by atoms with Crippen molar-refractivity contribution in [3.8, 4) is 0 Å². The molecule has 0 atom stereocenters. The first-order valence-electron chi connectivity index (χ1n) is 14.2. The van der Waals surface area contributed by atoms with E-state index in [4.69, 9.17) is 16.3 Å². The lowest BCUT2D eigenvalue weighted by Crippen LogP contribution is -2.18. The van der Waals surface area contributed by atoms with Gasteiger partial charge in [0.2, 0.25) is 11.2 Å². The summed E-state index contributed by atoms with van der Waals surface area (Å²) in [6.45, 7) is 6.24. The number of hydrazone groups is 1. The van der Waals surface area contributed by atoms with Crippen LogP contribution in [0.5, 0.6) is 0 Å². The van der Waals surface area contributed by atoms with Crippen LogP contribution in [-0.4, -0.2) is 52.6 Å². The molecule has 0 fully saturated rings. The van der Waals surface area contributed by atoms with E-state index in [9.17, 15) is 13.2 Å². The standard InChI is InChI=1S/C27H45ClN6O4S/c1-21(2)39(36,37)26-24-25(31-27(28)32-26)30-22(3)34(24)19-17-15-13-11-9-7-5-6-8-10-12-14-16-18-23(33-29-4)38-20-35/h20-21,29H,5-19H2,1-4H3/b33-23-. The lowest BCUT2D eigenvalue weighted by Gasteiger charge is -2.12. The van der Waals surface area contributed by atoms with E-state index in [0.717, 1.165) is 37.9 Å². The molecule has 0 spiro atoms. The largest absolute Gasteiger partial charge is 0.412 e. The topological polar surface area (TPSA) is 128 Å². The van der Waals surface area contributed by atoms with Gasteiger partial charge in [0.25, 0.3) is 6.47 Å². The second kappa shape index (κ2) is 17.4. The molecule has 39 heavy (non-hydrogen) atoms. The Kier molecular flexibility index (Phi) is 14.7. The third-order valence-corrected chi connectivity index (χ3v) is 9.05. The molecule has 0 amide bonds. The third kappa shape index (κ3) is 10.7. The van der Waals surface area contributed by atoms with Gasteiger partial charge in [0, 0.05) is 20.0 Å². The number of ether oxygens (including phenoxy) is 1. The number of aryl methyl sites for hydroxylation is 2. The molecule has 2 rings (SSSR count). The Labute approximate surface area is 238 Å². The maximum absolute atomic E-state index is 12.9. The minimum Gasteiger partial charge on any atom is -0.412 e. The van der Waals surface area contributed by atoms with Crippen LogP contribution in [0.4, 0.5) is 0 Å². The Morgan fingerprint density at radius 2 is 1.49 bits per heavy atom. The number of rotatable bonds is 20. The first-order valence-corrected chi connectivity index (χ1v) is 16.1. The molecule has 220 valence electrons. The molecular formula is C27H45ClN6O4S. The summed E-state index contributed by atoms with van der Waals surface area (Å²) in [6.07, 6.45) is 16.0. The second-order valence-corrected chi connectivity index (χ2v) is 12.9. The van der Waals surface area contributed by atoms with Crippen LogP contribution in [0.1, 0.15) is 110 Å². The van der Waals surface area contributed by atoms with Gasteiger partial charge < -0.3 is 14.7 Å². The van der Waals surface area contributed by atoms with Gasteiger partial charge in [-0.2, -0.15) is 4.98 Å². The molecule has 0 aliphatic rings. The van der Waals surface area contributed by atoms with E-state index < -0.39 is 15.1 Å². The van der Waals surface area contributed by atoms with Crippen molar-refractivity contribution >= 4 is 45.0 Å². The van der Waals surface area contributed by atoms with Crippen LogP contribution < -0.4 is 5.43 Å². The fourth-order valence-electron chi connectivity index (χ4n) is 4.59. The zero-order valence-corrected chi connectivity index (χ0v) is 25.5. The van der Waals surface area contributed by atoms with E-state index >= 15 is 0 Å². The van der Waals surface area contributed by atoms with E-state index in [2.05, 4.69) is 25.5 Å². The van der Waals surface area contributed by atoms with Gasteiger partial charge in [-0.1, -0.05) is 70.6 Å². The minimum absolute atomic E-state index is 0.0228. The zero-order valence-electron chi connectivity index (χ0n) is 23.9. The summed E-state index contributed by atoms with van der Waals surface area (Å²) in [5.74, 6) is 1.17. The molecule has 1 N–H and O–H groups in total. The number of unbranched alkanes of at least 4 members (excludes halogenated alkanes) is 12. The highest BCUT2D eigenvalue weighted by Crippen LogP contribution is 2.26. The number of imidazole rings is 1. The fourth-order valence-corrected chi connectivity index (χ4v) is 5.94. The molecular weight excluding hydrogens is 540 g/mol. The number of hydrogen-bond acceptors (Lipinski definition) is 9. The maximum Gasteiger partial charge on any atom is 0.299 e. The van der Waals surface area contributed by atoms with Crippen molar-refractivity contribution < 1.29 is 17.9 Å². The predicted octanol–water partition coefficient (Wildman–Crippen LogP) is 6.14. The van der Waals surface area contributed by atoms with Gasteiger partial charge in [0.1, 0.15) is 11.3 Å². The molecule has 2 heterocycles. The summed E-state index contributed by atoms with van der Waals surface area (Å²) in [5, 5.41) is 3.21. The number of carbonyl (C=O) groups is 1. The van der Waals surface area contributed by atoms with Crippen molar-refractivity contribution in [2.24, 2.45) is 5.10 Å². The molecule has 12 heteroatoms. The number of aromatic nitrogens is 4. The highest BCUT2D eigenvalue weighted by molar-refractivity contribution is 7.92. The normalized spacial score (nSPS) is 12.4. The SMILES string of the molecule is CN/N=C(/CCCCCCCCCCCCCCCn1c(C)nc2nc(Cl)nc(S(=O)(=O)C(C)C)c21)OC=O. The van der Waals surface area contributed by atoms with E-state index in [1.165, 1.54) is 51.4 Å². The van der Waals surface area contributed by atoms with Crippen LogP contribution >= 0.6 is 11.6 Å². The van der Waals surface area contributed by atoms with Crippen molar-refractivity contribution in [3.63, 3.8) is 0 Å². The van der Waals surface area contributed by atoms with E-state index in [1.54, 1.807) is 20.9 Å². The third-order valence-electron chi connectivity index (χ3n) is 6.82. The Morgan fingerprint density at radius 3 is 2.00 bits per heavy atom. The molecule has 0 aromatic carbocycles. The van der Waals surface area contributed by atoms with Crippen molar-refractivity contribution in [3.05, 3.63) is 11.1 Å². The highest BCUT2D eigenvalue weighted by Gasteiger charge is 2.28. The lowest BCUT2D eigenvalue weighted by atomic mass is 10.0. The van der Waals surface area contributed by atoms with E-state index in [-0.39, 0.29) is 10.3 Å². The first kappa shape index (κ1) is 32.9. The summed E-state index contributed by atoms with van der Waals surface area (Å²) in [4.78, 5) is 23.1. The quantitative estimate of drug-likeness (QED) is 0.0374. The van der Waals surface area contributed by atoms with Gasteiger partial charge in [-0.15, -0.1) is 5.10 Å². The summed E-state index contributed by atoms with van der Waals surface area (Å²) < 4.78 is 32.6. The van der Waals surface area contributed by atoms with Crippen molar-refractivity contribution in [2.75, 3.05) is 7.05 Å². The van der Waals surface area contributed by atoms with Gasteiger partial charge >= 0.3 is 0 Å². The number of halogens is 1. The Balaban J connectivity index is 1.60. The average Bonchev–Trinajstić information content (AvgIpc) is 3.20. The Morgan fingerprint density at radius 1 is 0.949 bits per heavy atom. The highest BCUT2D eigenvalue weighted by atomic mass is 35.5. The van der Waals surface area contributed by atoms with Crippen molar-refractivity contribution in [2.45, 2.75) is 127 Å². The average molecular weight is 585 g/mol. The van der Waals surface area contributed by atoms with E-state index in [1.807, 2.05) is 11.5 Å². The van der Waals surface area contributed by atoms with Gasteiger partial charge in [-0.25, -0.2) is 18.4 Å². The van der Waals surface area contributed by atoms with Crippen LogP contribution in [0.2, 0.25) is 5.28 Å². The number of hydrogen-bond donors (Lipinski definition) is 1. The lowest BCUT2D eigenvalue weighted by molar-refractivity contribution is -0.121. The number of nitrogens with zero attached hydrogens (tertiary/aromatic N) is 5. The van der Waals surface area contributed by atoms with Crippen molar-refractivity contribution in [1.82, 2.24) is 24.9 Å².